The van der Waals surface area contributed by atoms with E-state index in [0.717, 1.165) is 36.8 Å². The van der Waals surface area contributed by atoms with Gasteiger partial charge in [-0.15, -0.1) is 10.2 Å². The molecule has 2 aromatic rings. The van der Waals surface area contributed by atoms with Crippen molar-refractivity contribution >= 4 is 29.2 Å². The van der Waals surface area contributed by atoms with E-state index in [2.05, 4.69) is 19.7 Å². The summed E-state index contributed by atoms with van der Waals surface area (Å²) in [5.41, 5.74) is 6.01. The quantitative estimate of drug-likeness (QED) is 0.669. The number of halogens is 1. The van der Waals surface area contributed by atoms with Crippen LogP contribution in [0.15, 0.2) is 22.4 Å². The summed E-state index contributed by atoms with van der Waals surface area (Å²) in [6.45, 7) is 0.925. The molecule has 6 nitrogen and oxygen atoms in total. The molecule has 0 unspecified atom stereocenters. The van der Waals surface area contributed by atoms with Crippen LogP contribution in [0.1, 0.15) is 30.7 Å². The molecule has 0 spiro atoms. The Labute approximate surface area is 131 Å². The van der Waals surface area contributed by atoms with Crippen LogP contribution in [0.5, 0.6) is 0 Å². The molecule has 0 amide bonds. The smallest absolute Gasteiger partial charge is 0.197 e. The van der Waals surface area contributed by atoms with E-state index in [0.29, 0.717) is 15.6 Å². The van der Waals surface area contributed by atoms with Crippen molar-refractivity contribution in [2.24, 2.45) is 5.73 Å². The Balaban J connectivity index is 1.93. The van der Waals surface area contributed by atoms with Crippen LogP contribution < -0.4 is 5.73 Å². The molecule has 0 atom stereocenters. The summed E-state index contributed by atoms with van der Waals surface area (Å²) in [6, 6.07) is 1.64. The number of pyridine rings is 1. The van der Waals surface area contributed by atoms with Crippen molar-refractivity contribution < 1.29 is 0 Å². The highest BCUT2D eigenvalue weighted by Crippen LogP contribution is 2.33. The van der Waals surface area contributed by atoms with Crippen LogP contribution >= 0.6 is 23.4 Å². The molecular weight excluding hydrogens is 308 g/mol. The molecule has 3 heterocycles. The topological polar surface area (TPSA) is 93.5 Å². The summed E-state index contributed by atoms with van der Waals surface area (Å²) < 4.78 is 2.14. The fourth-order valence-corrected chi connectivity index (χ4v) is 3.53. The molecule has 0 bridgehead atoms. The van der Waals surface area contributed by atoms with Crippen molar-refractivity contribution in [1.29, 1.82) is 5.41 Å². The van der Waals surface area contributed by atoms with E-state index in [4.69, 9.17) is 22.7 Å². The predicted octanol–water partition coefficient (Wildman–Crippen LogP) is 2.49. The lowest BCUT2D eigenvalue weighted by atomic mass is 10.2. The Kier molecular flexibility index (Phi) is 4.12. The number of nitrogen functional groups attached to an aromatic ring is 1. The number of rotatable bonds is 3. The SMILES string of the molecule is N=C(N)c1ccnc(Sc2nnc3n2CCCCC3)c1Cl. The van der Waals surface area contributed by atoms with Gasteiger partial charge in [0, 0.05) is 24.7 Å². The second kappa shape index (κ2) is 6.03. The minimum absolute atomic E-state index is 0.0654. The van der Waals surface area contributed by atoms with Gasteiger partial charge in [0.25, 0.3) is 0 Å². The third-order valence-corrected chi connectivity index (χ3v) is 4.89. The van der Waals surface area contributed by atoms with Gasteiger partial charge in [-0.05, 0) is 30.7 Å². The summed E-state index contributed by atoms with van der Waals surface area (Å²) in [6.07, 6.45) is 6.06. The Morgan fingerprint density at radius 3 is 3.00 bits per heavy atom. The van der Waals surface area contributed by atoms with Crippen molar-refractivity contribution in [3.8, 4) is 0 Å². The zero-order chi connectivity index (χ0) is 14.8. The van der Waals surface area contributed by atoms with E-state index in [9.17, 15) is 0 Å². The van der Waals surface area contributed by atoms with Gasteiger partial charge in [-0.2, -0.15) is 0 Å². The Hall–Kier alpha value is -1.60. The number of nitrogens with two attached hydrogens (primary N) is 1. The second-order valence-electron chi connectivity index (χ2n) is 4.85. The molecule has 3 rings (SSSR count). The third kappa shape index (κ3) is 2.89. The summed E-state index contributed by atoms with van der Waals surface area (Å²) in [4.78, 5) is 4.27. The first kappa shape index (κ1) is 14.3. The van der Waals surface area contributed by atoms with E-state index in [1.807, 2.05) is 0 Å². The Morgan fingerprint density at radius 1 is 1.33 bits per heavy atom. The van der Waals surface area contributed by atoms with Crippen LogP contribution in [0.4, 0.5) is 0 Å². The van der Waals surface area contributed by atoms with E-state index in [1.54, 1.807) is 12.3 Å². The number of nitrogens with zero attached hydrogens (tertiary/aromatic N) is 4. The van der Waals surface area contributed by atoms with Crippen LogP contribution in [0.2, 0.25) is 5.02 Å². The summed E-state index contributed by atoms with van der Waals surface area (Å²) >= 11 is 7.64. The fraction of sp³-hybridized carbons (Fsp3) is 0.385. The van der Waals surface area contributed by atoms with Crippen molar-refractivity contribution in [2.45, 2.75) is 42.4 Å². The van der Waals surface area contributed by atoms with Gasteiger partial charge < -0.3 is 10.3 Å². The molecule has 0 radical (unpaired) electrons. The van der Waals surface area contributed by atoms with Crippen LogP contribution in [-0.2, 0) is 13.0 Å². The van der Waals surface area contributed by atoms with Crippen LogP contribution in [-0.4, -0.2) is 25.6 Å². The predicted molar refractivity (Wildman–Crippen MR) is 82.0 cm³/mol. The monoisotopic (exact) mass is 322 g/mol. The molecule has 0 fully saturated rings. The molecule has 0 saturated carbocycles. The molecule has 110 valence electrons. The van der Waals surface area contributed by atoms with E-state index < -0.39 is 0 Å². The molecule has 0 aromatic carbocycles. The first-order valence-corrected chi connectivity index (χ1v) is 7.95. The normalized spacial score (nSPS) is 14.5. The van der Waals surface area contributed by atoms with E-state index in [1.165, 1.54) is 18.2 Å². The highest BCUT2D eigenvalue weighted by Gasteiger charge is 2.18. The third-order valence-electron chi connectivity index (χ3n) is 3.41. The molecule has 1 aliphatic rings. The van der Waals surface area contributed by atoms with Gasteiger partial charge in [-0.1, -0.05) is 18.0 Å². The summed E-state index contributed by atoms with van der Waals surface area (Å²) in [5, 5.41) is 17.8. The Bertz CT molecular complexity index is 683. The van der Waals surface area contributed by atoms with Gasteiger partial charge in [0.15, 0.2) is 5.16 Å². The molecule has 1 aliphatic heterocycles. The molecule has 21 heavy (non-hydrogen) atoms. The zero-order valence-electron chi connectivity index (χ0n) is 11.3. The first-order chi connectivity index (χ1) is 10.2. The number of nitrogens with one attached hydrogen (secondary N) is 1. The maximum atomic E-state index is 7.53. The number of fused-ring (bicyclic) bond motifs is 1. The molecule has 8 heteroatoms. The standard InChI is InChI=1S/C13H15ClN6S/c14-10-8(11(15)16)5-6-17-12(10)21-13-19-18-9-4-2-1-3-7-20(9)13/h5-6H,1-4,7H2,(H3,15,16). The average molecular weight is 323 g/mol. The maximum Gasteiger partial charge on any atom is 0.197 e. The highest BCUT2D eigenvalue weighted by molar-refractivity contribution is 7.99. The minimum Gasteiger partial charge on any atom is -0.384 e. The van der Waals surface area contributed by atoms with Gasteiger partial charge >= 0.3 is 0 Å². The molecular formula is C13H15ClN6S. The minimum atomic E-state index is -0.0654. The maximum absolute atomic E-state index is 7.53. The average Bonchev–Trinajstić information content (AvgIpc) is 2.69. The summed E-state index contributed by atoms with van der Waals surface area (Å²) in [5.74, 6) is 0.957. The van der Waals surface area contributed by atoms with Gasteiger partial charge in [0.2, 0.25) is 0 Å². The van der Waals surface area contributed by atoms with Crippen molar-refractivity contribution in [1.82, 2.24) is 19.7 Å². The van der Waals surface area contributed by atoms with Crippen molar-refractivity contribution in [3.63, 3.8) is 0 Å². The van der Waals surface area contributed by atoms with Gasteiger partial charge in [0.1, 0.15) is 16.7 Å². The highest BCUT2D eigenvalue weighted by atomic mass is 35.5. The number of hydrogen-bond donors (Lipinski definition) is 2. The lowest BCUT2D eigenvalue weighted by Gasteiger charge is -2.08. The van der Waals surface area contributed by atoms with Crippen LogP contribution in [0.25, 0.3) is 0 Å². The molecule has 0 aliphatic carbocycles. The number of hydrogen-bond acceptors (Lipinski definition) is 5. The van der Waals surface area contributed by atoms with Crippen molar-refractivity contribution in [3.05, 3.63) is 28.7 Å². The number of aromatic nitrogens is 4. The van der Waals surface area contributed by atoms with Gasteiger partial charge in [0.05, 0.1) is 5.02 Å². The Morgan fingerprint density at radius 2 is 2.19 bits per heavy atom. The zero-order valence-corrected chi connectivity index (χ0v) is 12.9. The number of amidine groups is 1. The van der Waals surface area contributed by atoms with E-state index in [-0.39, 0.29) is 5.84 Å². The van der Waals surface area contributed by atoms with Gasteiger partial charge in [-0.25, -0.2) is 4.98 Å². The fourth-order valence-electron chi connectivity index (χ4n) is 2.32. The molecule has 3 N–H and O–H groups in total. The second-order valence-corrected chi connectivity index (χ2v) is 6.19. The van der Waals surface area contributed by atoms with Crippen LogP contribution in [0, 0.1) is 5.41 Å². The lowest BCUT2D eigenvalue weighted by Crippen LogP contribution is -2.12. The largest absolute Gasteiger partial charge is 0.384 e. The first-order valence-electron chi connectivity index (χ1n) is 6.75. The molecule has 2 aromatic heterocycles. The van der Waals surface area contributed by atoms with Crippen LogP contribution in [0.3, 0.4) is 0 Å². The van der Waals surface area contributed by atoms with E-state index >= 15 is 0 Å². The van der Waals surface area contributed by atoms with Crippen molar-refractivity contribution in [2.75, 3.05) is 0 Å². The number of aryl methyl sites for hydroxylation is 1. The molecule has 0 saturated heterocycles. The van der Waals surface area contributed by atoms with Gasteiger partial charge in [-0.3, -0.25) is 5.41 Å². The summed E-state index contributed by atoms with van der Waals surface area (Å²) in [7, 11) is 0. The lowest BCUT2D eigenvalue weighted by molar-refractivity contribution is 0.590.